The molecule has 0 fully saturated rings. The molecule has 3 heteroatoms. The third kappa shape index (κ3) is 3.97. The maximum atomic E-state index is 10.7. The molecule has 0 rings (SSSR count). The van der Waals surface area contributed by atoms with Gasteiger partial charge in [-0.25, -0.2) is 0 Å². The molecule has 1 unspecified atom stereocenters. The predicted molar refractivity (Wildman–Crippen MR) is 45.3 cm³/mol. The van der Waals surface area contributed by atoms with Crippen LogP contribution in [0.1, 0.15) is 40.0 Å². The van der Waals surface area contributed by atoms with Crippen LogP contribution in [0.4, 0.5) is 0 Å². The maximum Gasteiger partial charge on any atom is 0.303 e. The number of hydrogen-bond acceptors (Lipinski definition) is 3. The highest BCUT2D eigenvalue weighted by atomic mass is 16.6. The van der Waals surface area contributed by atoms with E-state index in [9.17, 15) is 4.79 Å². The number of nitriles is 1. The van der Waals surface area contributed by atoms with E-state index >= 15 is 0 Å². The first-order valence-electron chi connectivity index (χ1n) is 4.10. The molecule has 0 aromatic carbocycles. The van der Waals surface area contributed by atoms with Gasteiger partial charge in [-0.05, 0) is 19.8 Å². The molecule has 0 spiro atoms. The van der Waals surface area contributed by atoms with E-state index in [2.05, 4.69) is 0 Å². The van der Waals surface area contributed by atoms with Gasteiger partial charge in [0.05, 0.1) is 6.07 Å². The lowest BCUT2D eigenvalue weighted by atomic mass is 9.97. The number of carbonyl (C=O) groups is 1. The first-order valence-corrected chi connectivity index (χ1v) is 4.10. The Morgan fingerprint density at radius 1 is 1.67 bits per heavy atom. The Labute approximate surface area is 73.3 Å². The molecule has 0 heterocycles. The van der Waals surface area contributed by atoms with Gasteiger partial charge in [-0.3, -0.25) is 4.79 Å². The van der Waals surface area contributed by atoms with E-state index in [1.165, 1.54) is 6.92 Å². The summed E-state index contributed by atoms with van der Waals surface area (Å²) in [4.78, 5) is 10.7. The van der Waals surface area contributed by atoms with Crippen molar-refractivity contribution < 1.29 is 9.53 Å². The summed E-state index contributed by atoms with van der Waals surface area (Å²) in [6, 6.07) is 2.04. The van der Waals surface area contributed by atoms with Crippen LogP contribution in [-0.4, -0.2) is 11.6 Å². The highest BCUT2D eigenvalue weighted by Crippen LogP contribution is 2.21. The van der Waals surface area contributed by atoms with Crippen molar-refractivity contribution in [1.29, 1.82) is 5.26 Å². The van der Waals surface area contributed by atoms with Crippen LogP contribution < -0.4 is 0 Å². The molecule has 68 valence electrons. The maximum absolute atomic E-state index is 10.7. The molecular weight excluding hydrogens is 154 g/mol. The Morgan fingerprint density at radius 2 is 2.25 bits per heavy atom. The molecule has 3 nitrogen and oxygen atoms in total. The molecule has 0 aromatic heterocycles. The lowest BCUT2D eigenvalue weighted by Gasteiger charge is -2.26. The number of hydrogen-bond donors (Lipinski definition) is 0. The smallest absolute Gasteiger partial charge is 0.303 e. The van der Waals surface area contributed by atoms with Crippen molar-refractivity contribution in [1.82, 2.24) is 0 Å². The summed E-state index contributed by atoms with van der Waals surface area (Å²) in [5.41, 5.74) is -0.457. The average Bonchev–Trinajstić information content (AvgIpc) is 2.00. The molecule has 0 radical (unpaired) electrons. The first-order chi connectivity index (χ1) is 5.54. The minimum Gasteiger partial charge on any atom is -0.460 e. The minimum absolute atomic E-state index is 0.280. The Morgan fingerprint density at radius 3 is 2.58 bits per heavy atom. The van der Waals surface area contributed by atoms with Gasteiger partial charge >= 0.3 is 5.97 Å². The van der Waals surface area contributed by atoms with Crippen LogP contribution in [-0.2, 0) is 9.53 Å². The van der Waals surface area contributed by atoms with Crippen LogP contribution in [0.5, 0.6) is 0 Å². The third-order valence-electron chi connectivity index (χ3n) is 1.90. The quantitative estimate of drug-likeness (QED) is 0.605. The van der Waals surface area contributed by atoms with Gasteiger partial charge in [0.1, 0.15) is 5.60 Å². The highest BCUT2D eigenvalue weighted by molar-refractivity contribution is 5.66. The fourth-order valence-corrected chi connectivity index (χ4v) is 0.967. The molecule has 0 N–H and O–H groups in total. The van der Waals surface area contributed by atoms with Crippen molar-refractivity contribution in [2.24, 2.45) is 0 Å². The van der Waals surface area contributed by atoms with Crippen molar-refractivity contribution in [3.8, 4) is 6.07 Å². The van der Waals surface area contributed by atoms with Crippen molar-refractivity contribution in [2.75, 3.05) is 0 Å². The summed E-state index contributed by atoms with van der Waals surface area (Å²) >= 11 is 0. The zero-order valence-electron chi connectivity index (χ0n) is 7.89. The van der Waals surface area contributed by atoms with Crippen LogP contribution in [0.2, 0.25) is 0 Å². The number of nitrogens with zero attached hydrogens (tertiary/aromatic N) is 1. The van der Waals surface area contributed by atoms with Crippen LogP contribution in [0, 0.1) is 11.3 Å². The largest absolute Gasteiger partial charge is 0.460 e. The zero-order valence-corrected chi connectivity index (χ0v) is 7.89. The Bertz CT molecular complexity index is 195. The Hall–Kier alpha value is -1.04. The summed E-state index contributed by atoms with van der Waals surface area (Å²) in [6.07, 6.45) is 1.78. The van der Waals surface area contributed by atoms with Crippen LogP contribution in [0.3, 0.4) is 0 Å². The molecule has 0 amide bonds. The van der Waals surface area contributed by atoms with E-state index in [4.69, 9.17) is 10.00 Å². The predicted octanol–water partition coefficient (Wildman–Crippen LogP) is 2.02. The van der Waals surface area contributed by atoms with E-state index in [1.807, 2.05) is 19.9 Å². The van der Waals surface area contributed by atoms with Gasteiger partial charge < -0.3 is 4.74 Å². The van der Waals surface area contributed by atoms with Crippen molar-refractivity contribution >= 4 is 5.97 Å². The second kappa shape index (κ2) is 4.76. The second-order valence-electron chi connectivity index (χ2n) is 3.06. The van der Waals surface area contributed by atoms with E-state index in [0.29, 0.717) is 12.8 Å². The Kier molecular flexibility index (Phi) is 4.35. The Balaban J connectivity index is 4.06. The first kappa shape index (κ1) is 11.0. The summed E-state index contributed by atoms with van der Waals surface area (Å²) < 4.78 is 5.10. The van der Waals surface area contributed by atoms with Crippen LogP contribution in [0.25, 0.3) is 0 Å². The topological polar surface area (TPSA) is 50.1 Å². The number of carbonyl (C=O) groups excluding carboxylic acids is 1. The molecular formula is C9H15NO2. The highest BCUT2D eigenvalue weighted by Gasteiger charge is 2.24. The molecule has 1 atom stereocenters. The third-order valence-corrected chi connectivity index (χ3v) is 1.90. The van der Waals surface area contributed by atoms with Crippen molar-refractivity contribution in [3.05, 3.63) is 0 Å². The van der Waals surface area contributed by atoms with E-state index in [0.717, 1.165) is 6.42 Å². The lowest BCUT2D eigenvalue weighted by Crippen LogP contribution is -2.29. The molecule has 0 aliphatic heterocycles. The summed E-state index contributed by atoms with van der Waals surface area (Å²) in [6.45, 7) is 5.19. The summed E-state index contributed by atoms with van der Waals surface area (Å²) in [5, 5.41) is 8.37. The molecule has 0 bridgehead atoms. The van der Waals surface area contributed by atoms with Crippen molar-refractivity contribution in [3.63, 3.8) is 0 Å². The molecule has 0 saturated heterocycles. The average molecular weight is 169 g/mol. The van der Waals surface area contributed by atoms with Gasteiger partial charge in [0.2, 0.25) is 0 Å². The zero-order chi connectivity index (χ0) is 9.61. The van der Waals surface area contributed by atoms with Gasteiger partial charge in [0.25, 0.3) is 0 Å². The van der Waals surface area contributed by atoms with E-state index in [-0.39, 0.29) is 5.97 Å². The molecule has 0 aliphatic carbocycles. The molecule has 0 aliphatic rings. The number of rotatable bonds is 4. The second-order valence-corrected chi connectivity index (χ2v) is 3.06. The van der Waals surface area contributed by atoms with Crippen molar-refractivity contribution in [2.45, 2.75) is 45.6 Å². The molecule has 0 aromatic rings. The normalized spacial score (nSPS) is 14.5. The molecule has 0 saturated carbocycles. The van der Waals surface area contributed by atoms with Gasteiger partial charge in [-0.1, -0.05) is 6.92 Å². The van der Waals surface area contributed by atoms with E-state index in [1.54, 1.807) is 0 Å². The van der Waals surface area contributed by atoms with Gasteiger partial charge in [0, 0.05) is 13.3 Å². The van der Waals surface area contributed by atoms with Gasteiger partial charge in [-0.2, -0.15) is 5.26 Å². The summed E-state index contributed by atoms with van der Waals surface area (Å²) in [7, 11) is 0. The monoisotopic (exact) mass is 169 g/mol. The standard InChI is InChI=1S/C9H15NO2/c1-4-9(3,6-5-7-10)12-8(2)11/h4-6H2,1-3H3. The van der Waals surface area contributed by atoms with E-state index < -0.39 is 5.60 Å². The minimum atomic E-state index is -0.457. The number of ether oxygens (including phenoxy) is 1. The van der Waals surface area contributed by atoms with Gasteiger partial charge in [0.15, 0.2) is 0 Å². The van der Waals surface area contributed by atoms with Gasteiger partial charge in [-0.15, -0.1) is 0 Å². The summed E-state index contributed by atoms with van der Waals surface area (Å²) in [5.74, 6) is -0.280. The molecule has 12 heavy (non-hydrogen) atoms. The fourth-order valence-electron chi connectivity index (χ4n) is 0.967. The lowest BCUT2D eigenvalue weighted by molar-refractivity contribution is -0.156. The SMILES string of the molecule is CCC(C)(CCC#N)OC(C)=O. The van der Waals surface area contributed by atoms with Crippen LogP contribution >= 0.6 is 0 Å². The fraction of sp³-hybridized carbons (Fsp3) is 0.778. The number of esters is 1. The van der Waals surface area contributed by atoms with Crippen LogP contribution in [0.15, 0.2) is 0 Å².